The summed E-state index contributed by atoms with van der Waals surface area (Å²) in [4.78, 5) is 0. The SMILES string of the molecule is CCCCCCCCCCCCCCCC[N+](C)(C)C.CCCCCCCC[N+](C)(C)Cc1ccccc1.[O-][O-]. The molecule has 0 heterocycles. The van der Waals surface area contributed by atoms with Crippen molar-refractivity contribution in [2.75, 3.05) is 48.3 Å². The highest BCUT2D eigenvalue weighted by Crippen LogP contribution is 2.14. The van der Waals surface area contributed by atoms with Crippen LogP contribution in [0.1, 0.15) is 148 Å². The molecular formula is C36H72N2O2. The van der Waals surface area contributed by atoms with Gasteiger partial charge in [-0.05, 0) is 25.7 Å². The third kappa shape index (κ3) is 33.3. The van der Waals surface area contributed by atoms with Crippen LogP contribution in [0.2, 0.25) is 0 Å². The predicted molar refractivity (Wildman–Crippen MR) is 174 cm³/mol. The smallest absolute Gasteiger partial charge is 0.104 e. The van der Waals surface area contributed by atoms with Gasteiger partial charge in [0.15, 0.2) is 0 Å². The summed E-state index contributed by atoms with van der Waals surface area (Å²) in [5.74, 6) is 0. The van der Waals surface area contributed by atoms with Gasteiger partial charge in [0.05, 0.1) is 48.3 Å². The van der Waals surface area contributed by atoms with E-state index in [4.69, 9.17) is 10.5 Å². The lowest BCUT2D eigenvalue weighted by Crippen LogP contribution is -2.39. The van der Waals surface area contributed by atoms with Gasteiger partial charge in [0, 0.05) is 5.56 Å². The average Bonchev–Trinajstić information content (AvgIpc) is 2.92. The summed E-state index contributed by atoms with van der Waals surface area (Å²) < 4.78 is 2.23. The first kappa shape index (κ1) is 41.2. The molecule has 0 fully saturated rings. The summed E-state index contributed by atoms with van der Waals surface area (Å²) in [5, 5.41) is 14.0. The second-order valence-electron chi connectivity index (χ2n) is 13.7. The molecule has 4 nitrogen and oxygen atoms in total. The minimum Gasteiger partial charge on any atom is -1.00 e. The van der Waals surface area contributed by atoms with Crippen molar-refractivity contribution >= 4 is 0 Å². The molecule has 0 atom stereocenters. The molecule has 40 heavy (non-hydrogen) atoms. The van der Waals surface area contributed by atoms with Crippen molar-refractivity contribution in [3.63, 3.8) is 0 Å². The van der Waals surface area contributed by atoms with E-state index in [1.165, 1.54) is 147 Å². The average molecular weight is 565 g/mol. The normalized spacial score (nSPS) is 11.4. The Balaban J connectivity index is 0. The fraction of sp³-hybridized carbons (Fsp3) is 0.833. The Morgan fingerprint density at radius 2 is 0.775 bits per heavy atom. The zero-order chi connectivity index (χ0) is 30.4. The molecule has 0 aliphatic rings. The van der Waals surface area contributed by atoms with Crippen LogP contribution in [-0.2, 0) is 6.54 Å². The molecule has 0 N–H and O–H groups in total. The summed E-state index contributed by atoms with van der Waals surface area (Å²) in [6.07, 6.45) is 28.7. The van der Waals surface area contributed by atoms with Crippen LogP contribution < -0.4 is 10.5 Å². The zero-order valence-electron chi connectivity index (χ0n) is 28.4. The summed E-state index contributed by atoms with van der Waals surface area (Å²) in [6, 6.07) is 10.8. The van der Waals surface area contributed by atoms with Gasteiger partial charge in [-0.2, -0.15) is 0 Å². The lowest BCUT2D eigenvalue weighted by Gasteiger charge is -2.30. The first-order valence-electron chi connectivity index (χ1n) is 17.0. The van der Waals surface area contributed by atoms with E-state index in [-0.39, 0.29) is 0 Å². The number of rotatable bonds is 24. The minimum atomic E-state index is 1.11. The first-order chi connectivity index (χ1) is 19.2. The Kier molecular flexibility index (Phi) is 30.4. The number of benzene rings is 1. The molecule has 0 bridgehead atoms. The summed E-state index contributed by atoms with van der Waals surface area (Å²) in [5.41, 5.74) is 1.45. The van der Waals surface area contributed by atoms with Gasteiger partial charge in [-0.1, -0.05) is 147 Å². The Morgan fingerprint density at radius 1 is 0.450 bits per heavy atom. The molecule has 0 saturated heterocycles. The molecule has 0 aliphatic carbocycles. The van der Waals surface area contributed by atoms with Gasteiger partial charge in [0.25, 0.3) is 0 Å². The topological polar surface area (TPSA) is 46.1 Å². The number of quaternary nitrogens is 2. The molecule has 0 unspecified atom stereocenters. The zero-order valence-corrected chi connectivity index (χ0v) is 28.4. The molecule has 238 valence electrons. The van der Waals surface area contributed by atoms with Gasteiger partial charge in [0.1, 0.15) is 6.54 Å². The highest BCUT2D eigenvalue weighted by molar-refractivity contribution is 5.13. The van der Waals surface area contributed by atoms with E-state index in [9.17, 15) is 0 Å². The Bertz CT molecular complexity index is 599. The maximum absolute atomic E-state index is 7.00. The predicted octanol–water partition coefficient (Wildman–Crippen LogP) is 8.42. The van der Waals surface area contributed by atoms with E-state index in [0.717, 1.165) is 15.5 Å². The molecule has 4 heteroatoms. The molecule has 0 saturated carbocycles. The standard InChI is InChI=1S/C19H42N.C17H30N.O2/c1-5-6-7-8-9-10-11-12-13-14-15-16-17-18-19-20(2,3)4;1-4-5-6-7-8-12-15-18(2,3)16-17-13-10-9-11-14-17;1-2/h5-19H2,1-4H3;9-11,13-14H,4-8,12,15-16H2,1-3H3;/q2*+1;-2. The summed E-state index contributed by atoms with van der Waals surface area (Å²) in [7, 11) is 11.6. The fourth-order valence-electron chi connectivity index (χ4n) is 5.26. The van der Waals surface area contributed by atoms with Gasteiger partial charge in [0.2, 0.25) is 0 Å². The van der Waals surface area contributed by atoms with Crippen molar-refractivity contribution in [1.82, 2.24) is 0 Å². The summed E-state index contributed by atoms with van der Waals surface area (Å²) >= 11 is 0. The third-order valence-corrected chi connectivity index (χ3v) is 7.75. The molecular weight excluding hydrogens is 492 g/mol. The number of hydrogen-bond donors (Lipinski definition) is 0. The lowest BCUT2D eigenvalue weighted by molar-refractivity contribution is -1.000. The fourth-order valence-corrected chi connectivity index (χ4v) is 5.26. The molecule has 0 amide bonds. The molecule has 1 rings (SSSR count). The largest absolute Gasteiger partial charge is 1.00 e. The quantitative estimate of drug-likeness (QED) is 0.0547. The molecule has 1 aromatic carbocycles. The van der Waals surface area contributed by atoms with E-state index in [2.05, 4.69) is 79.4 Å². The van der Waals surface area contributed by atoms with Crippen LogP contribution in [-0.4, -0.2) is 57.3 Å². The maximum atomic E-state index is 7.00. The van der Waals surface area contributed by atoms with E-state index >= 15 is 0 Å². The van der Waals surface area contributed by atoms with Gasteiger partial charge >= 0.3 is 0 Å². The third-order valence-electron chi connectivity index (χ3n) is 7.75. The van der Waals surface area contributed by atoms with E-state index < -0.39 is 0 Å². The van der Waals surface area contributed by atoms with Gasteiger partial charge < -0.3 is 19.5 Å². The van der Waals surface area contributed by atoms with Crippen molar-refractivity contribution in [1.29, 1.82) is 0 Å². The van der Waals surface area contributed by atoms with E-state index in [1.807, 2.05) is 0 Å². The molecule has 0 aromatic heterocycles. The molecule has 0 radical (unpaired) electrons. The first-order valence-corrected chi connectivity index (χ1v) is 17.0. The van der Waals surface area contributed by atoms with Crippen molar-refractivity contribution in [3.05, 3.63) is 35.9 Å². The number of hydrogen-bond acceptors (Lipinski definition) is 2. The number of nitrogens with zero attached hydrogens (tertiary/aromatic N) is 2. The second kappa shape index (κ2) is 29.5. The Hall–Kier alpha value is -0.940. The van der Waals surface area contributed by atoms with Crippen LogP contribution in [0.5, 0.6) is 0 Å². The van der Waals surface area contributed by atoms with Gasteiger partial charge in [-0.3, -0.25) is 0 Å². The highest BCUT2D eigenvalue weighted by atomic mass is 17.0. The van der Waals surface area contributed by atoms with E-state index in [0.29, 0.717) is 0 Å². The molecule has 0 aliphatic heterocycles. The molecule has 1 aromatic rings. The van der Waals surface area contributed by atoms with Crippen LogP contribution in [0.4, 0.5) is 0 Å². The van der Waals surface area contributed by atoms with E-state index in [1.54, 1.807) is 0 Å². The lowest BCUT2D eigenvalue weighted by atomic mass is 10.0. The van der Waals surface area contributed by atoms with Crippen LogP contribution >= 0.6 is 0 Å². The highest BCUT2D eigenvalue weighted by Gasteiger charge is 2.14. The van der Waals surface area contributed by atoms with Crippen LogP contribution in [0, 0.1) is 0 Å². The second-order valence-corrected chi connectivity index (χ2v) is 13.7. The minimum absolute atomic E-state index is 1.11. The number of unbranched alkanes of at least 4 members (excludes halogenated alkanes) is 18. The van der Waals surface area contributed by atoms with Crippen molar-refractivity contribution in [2.24, 2.45) is 0 Å². The Labute approximate surface area is 252 Å². The van der Waals surface area contributed by atoms with Crippen LogP contribution in [0.15, 0.2) is 30.3 Å². The summed E-state index contributed by atoms with van der Waals surface area (Å²) in [6.45, 7) is 8.34. The van der Waals surface area contributed by atoms with Crippen molar-refractivity contribution in [3.8, 4) is 0 Å². The van der Waals surface area contributed by atoms with Crippen LogP contribution in [0.25, 0.3) is 0 Å². The van der Waals surface area contributed by atoms with Gasteiger partial charge in [-0.15, -0.1) is 0 Å². The Morgan fingerprint density at radius 3 is 1.12 bits per heavy atom. The van der Waals surface area contributed by atoms with Crippen LogP contribution in [0.3, 0.4) is 0 Å². The maximum Gasteiger partial charge on any atom is 0.104 e. The monoisotopic (exact) mass is 565 g/mol. The van der Waals surface area contributed by atoms with Gasteiger partial charge in [-0.25, -0.2) is 0 Å². The van der Waals surface area contributed by atoms with Crippen molar-refractivity contribution in [2.45, 2.75) is 149 Å². The molecule has 0 spiro atoms. The van der Waals surface area contributed by atoms with Crippen molar-refractivity contribution < 1.29 is 19.5 Å².